The lowest BCUT2D eigenvalue weighted by Crippen LogP contribution is -2.33. The topological polar surface area (TPSA) is 0 Å². The van der Waals surface area contributed by atoms with Gasteiger partial charge in [0.25, 0.3) is 0 Å². The molecular weight excluding hydrogens is 489 g/mol. The van der Waals surface area contributed by atoms with E-state index < -0.39 is 0 Å². The Hall–Kier alpha value is 1.41. The summed E-state index contributed by atoms with van der Waals surface area (Å²) in [6, 6.07) is 0. The third-order valence-electron chi connectivity index (χ3n) is 1.87. The zero-order chi connectivity index (χ0) is 9.35. The fourth-order valence-electron chi connectivity index (χ4n) is 1.06. The van der Waals surface area contributed by atoms with Gasteiger partial charge in [-0.1, -0.05) is 75.6 Å². The molecule has 0 saturated carbocycles. The van der Waals surface area contributed by atoms with Crippen LogP contribution in [0, 0.1) is 0 Å². The number of hydrogen-bond acceptors (Lipinski definition) is 0. The van der Waals surface area contributed by atoms with Crippen molar-refractivity contribution in [3.8, 4) is 0 Å². The van der Waals surface area contributed by atoms with Gasteiger partial charge in [-0.15, -0.1) is 0 Å². The van der Waals surface area contributed by atoms with Crippen molar-refractivity contribution < 1.29 is 0 Å². The molecule has 1 aliphatic carbocycles. The van der Waals surface area contributed by atoms with E-state index >= 15 is 0 Å². The highest BCUT2D eigenvalue weighted by Crippen LogP contribution is 2.47. The van der Waals surface area contributed by atoms with Crippen molar-refractivity contribution in [3.63, 3.8) is 0 Å². The predicted molar refractivity (Wildman–Crippen MR) is 80.6 cm³/mol. The fraction of sp³-hybridized carbons (Fsp3) is 0.333. The Morgan fingerprint density at radius 2 is 2.25 bits per heavy atom. The summed E-state index contributed by atoms with van der Waals surface area (Å²) in [6.45, 7) is 6.16. The third kappa shape index (κ3) is 1.92. The lowest BCUT2D eigenvalue weighted by atomic mass is 9.94. The molecule has 1 aliphatic rings. The third-order valence-corrected chi connectivity index (χ3v) is 8.83. The first-order chi connectivity index (χ1) is 5.49. The Labute approximate surface area is 114 Å². The van der Waals surface area contributed by atoms with Crippen molar-refractivity contribution in [1.82, 2.24) is 0 Å². The predicted octanol–water partition coefficient (Wildman–Crippen LogP) is 4.43. The fourth-order valence-corrected chi connectivity index (χ4v) is 4.16. The molecule has 2 unspecified atom stereocenters. The van der Waals surface area contributed by atoms with Gasteiger partial charge in [0.1, 0.15) is 0 Å². The van der Waals surface area contributed by atoms with Gasteiger partial charge >= 0.3 is 0 Å². The Kier molecular flexibility index (Phi) is 4.10. The van der Waals surface area contributed by atoms with Gasteiger partial charge < -0.3 is 0 Å². The Morgan fingerprint density at radius 1 is 1.67 bits per heavy atom. The summed E-state index contributed by atoms with van der Waals surface area (Å²) in [6.07, 6.45) is 6.51. The molecule has 0 spiro atoms. The number of hydrogen-bond donors (Lipinski definition) is 0. The first-order valence-electron chi connectivity index (χ1n) is 3.53. The van der Waals surface area contributed by atoms with E-state index in [1.165, 1.54) is 9.15 Å². The molecule has 0 radical (unpaired) electrons. The van der Waals surface area contributed by atoms with Crippen LogP contribution in [0.1, 0.15) is 6.92 Å². The van der Waals surface area contributed by atoms with Gasteiger partial charge in [-0.05, 0) is 29.5 Å². The van der Waals surface area contributed by atoms with Crippen LogP contribution < -0.4 is 0 Å². The largest absolute Gasteiger partial charge is 0.0984 e. The smallest absolute Gasteiger partial charge is 0.0882 e. The van der Waals surface area contributed by atoms with Crippen molar-refractivity contribution >= 4 is 67.8 Å². The second kappa shape index (κ2) is 4.29. The van der Waals surface area contributed by atoms with Crippen LogP contribution in [0.25, 0.3) is 0 Å². The molecular formula is C9H9I3. The standard InChI is InChI=1S/C9H9I3/c1-6(2)9(12)7(10)4-3-5-8(9)11/h3-5,7H,1H2,2H3. The van der Waals surface area contributed by atoms with E-state index in [1.807, 2.05) is 0 Å². The van der Waals surface area contributed by atoms with Crippen LogP contribution in [0.4, 0.5) is 0 Å². The van der Waals surface area contributed by atoms with Gasteiger partial charge in [-0.2, -0.15) is 0 Å². The summed E-state index contributed by atoms with van der Waals surface area (Å²) in [7, 11) is 0. The molecule has 0 heterocycles. The van der Waals surface area contributed by atoms with Gasteiger partial charge in [-0.3, -0.25) is 0 Å². The highest BCUT2D eigenvalue weighted by molar-refractivity contribution is 14.1. The van der Waals surface area contributed by atoms with Crippen molar-refractivity contribution in [1.29, 1.82) is 0 Å². The minimum atomic E-state index is 0.119. The molecule has 66 valence electrons. The maximum absolute atomic E-state index is 4.06. The number of halogens is 3. The molecule has 0 fully saturated rings. The van der Waals surface area contributed by atoms with E-state index in [9.17, 15) is 0 Å². The van der Waals surface area contributed by atoms with E-state index in [0.29, 0.717) is 3.92 Å². The molecule has 0 aromatic heterocycles. The molecule has 0 aliphatic heterocycles. The average Bonchev–Trinajstić information content (AvgIpc) is 1.99. The summed E-state index contributed by atoms with van der Waals surface area (Å²) in [4.78, 5) is 0. The van der Waals surface area contributed by atoms with Gasteiger partial charge in [0.2, 0.25) is 0 Å². The van der Waals surface area contributed by atoms with Crippen molar-refractivity contribution in [2.24, 2.45) is 0 Å². The number of allylic oxidation sites excluding steroid dienone is 5. The minimum Gasteiger partial charge on any atom is -0.0984 e. The van der Waals surface area contributed by atoms with Crippen LogP contribution in [0.15, 0.2) is 34.0 Å². The zero-order valence-electron chi connectivity index (χ0n) is 6.65. The van der Waals surface area contributed by atoms with Gasteiger partial charge in [0.15, 0.2) is 0 Å². The quantitative estimate of drug-likeness (QED) is 0.286. The first kappa shape index (κ1) is 11.5. The van der Waals surface area contributed by atoms with Crippen LogP contribution in [-0.2, 0) is 0 Å². The van der Waals surface area contributed by atoms with Crippen molar-refractivity contribution in [2.45, 2.75) is 14.3 Å². The summed E-state index contributed by atoms with van der Waals surface area (Å²) in [5.41, 5.74) is 1.23. The van der Waals surface area contributed by atoms with Crippen LogP contribution in [-0.4, -0.2) is 7.35 Å². The molecule has 0 amide bonds. The van der Waals surface area contributed by atoms with E-state index in [4.69, 9.17) is 0 Å². The summed E-state index contributed by atoms with van der Waals surface area (Å²) < 4.78 is 2.01. The monoisotopic (exact) mass is 498 g/mol. The van der Waals surface area contributed by atoms with Gasteiger partial charge in [0.05, 0.1) is 7.35 Å². The van der Waals surface area contributed by atoms with E-state index in [0.717, 1.165) is 0 Å². The summed E-state index contributed by atoms with van der Waals surface area (Å²) in [5.74, 6) is 0. The first-order valence-corrected chi connectivity index (χ1v) is 6.93. The lowest BCUT2D eigenvalue weighted by molar-refractivity contribution is 0.898. The maximum atomic E-state index is 4.06. The second-order valence-corrected chi connectivity index (χ2v) is 7.00. The normalized spacial score (nSPS) is 34.7. The average molecular weight is 498 g/mol. The van der Waals surface area contributed by atoms with Crippen LogP contribution in [0.2, 0.25) is 0 Å². The van der Waals surface area contributed by atoms with Crippen LogP contribution >= 0.6 is 67.8 Å². The van der Waals surface area contributed by atoms with Gasteiger partial charge in [0, 0.05) is 3.58 Å². The summed E-state index contributed by atoms with van der Waals surface area (Å²) >= 11 is 7.37. The van der Waals surface area contributed by atoms with E-state index in [2.05, 4.69) is 99.5 Å². The zero-order valence-corrected chi connectivity index (χ0v) is 13.1. The minimum absolute atomic E-state index is 0.119. The molecule has 2 atom stereocenters. The maximum Gasteiger partial charge on any atom is 0.0882 e. The molecule has 0 N–H and O–H groups in total. The van der Waals surface area contributed by atoms with Crippen LogP contribution in [0.5, 0.6) is 0 Å². The highest BCUT2D eigenvalue weighted by Gasteiger charge is 2.38. The van der Waals surface area contributed by atoms with Crippen molar-refractivity contribution in [3.05, 3.63) is 34.0 Å². The lowest BCUT2D eigenvalue weighted by Gasteiger charge is -2.33. The molecule has 3 heteroatoms. The Bertz CT molecular complexity index is 265. The van der Waals surface area contributed by atoms with E-state index in [-0.39, 0.29) is 3.42 Å². The molecule has 12 heavy (non-hydrogen) atoms. The van der Waals surface area contributed by atoms with Crippen molar-refractivity contribution in [2.75, 3.05) is 0 Å². The molecule has 0 aromatic rings. The van der Waals surface area contributed by atoms with E-state index in [1.54, 1.807) is 0 Å². The molecule has 0 nitrogen and oxygen atoms in total. The van der Waals surface area contributed by atoms with Gasteiger partial charge in [-0.25, -0.2) is 0 Å². The molecule has 0 aromatic carbocycles. The molecule has 0 bridgehead atoms. The second-order valence-electron chi connectivity index (χ2n) is 2.79. The molecule has 1 rings (SSSR count). The SMILES string of the molecule is C=C(C)C1(I)C(I)=CC=CC1I. The van der Waals surface area contributed by atoms with Crippen LogP contribution in [0.3, 0.4) is 0 Å². The molecule has 0 saturated heterocycles. The summed E-state index contributed by atoms with van der Waals surface area (Å²) in [5, 5.41) is 0. The highest BCUT2D eigenvalue weighted by atomic mass is 127. The number of alkyl halides is 2. The number of rotatable bonds is 1. The Balaban J connectivity index is 3.10. The Morgan fingerprint density at radius 3 is 2.58 bits per heavy atom.